The van der Waals surface area contributed by atoms with E-state index >= 15 is 0 Å². The fourth-order valence-electron chi connectivity index (χ4n) is 1.91. The molecule has 0 bridgehead atoms. The molecule has 1 aromatic carbocycles. The molecular formula is C11H13NO. The van der Waals surface area contributed by atoms with Crippen molar-refractivity contribution in [2.45, 2.75) is 5.92 Å². The summed E-state index contributed by atoms with van der Waals surface area (Å²) in [5, 5.41) is 3.24. The second kappa shape index (κ2) is 3.71. The van der Waals surface area contributed by atoms with Gasteiger partial charge in [-0.1, -0.05) is 30.3 Å². The van der Waals surface area contributed by atoms with Crippen LogP contribution in [0.2, 0.25) is 0 Å². The van der Waals surface area contributed by atoms with E-state index in [1.54, 1.807) is 0 Å². The topological polar surface area (TPSA) is 29.1 Å². The van der Waals surface area contributed by atoms with Crippen LogP contribution < -0.4 is 5.32 Å². The molecule has 1 heterocycles. The van der Waals surface area contributed by atoms with Crippen LogP contribution in [0.3, 0.4) is 0 Å². The van der Waals surface area contributed by atoms with Gasteiger partial charge in [0.15, 0.2) is 0 Å². The quantitative estimate of drug-likeness (QED) is 0.684. The van der Waals surface area contributed by atoms with E-state index in [-0.39, 0.29) is 5.92 Å². The Morgan fingerprint density at radius 1 is 1.23 bits per heavy atom. The van der Waals surface area contributed by atoms with Gasteiger partial charge in [-0.05, 0) is 5.56 Å². The van der Waals surface area contributed by atoms with Crippen molar-refractivity contribution < 1.29 is 4.79 Å². The van der Waals surface area contributed by atoms with Crippen LogP contribution in [0, 0.1) is 5.92 Å². The van der Waals surface area contributed by atoms with Gasteiger partial charge in [-0.3, -0.25) is 0 Å². The maximum atomic E-state index is 10.8. The highest BCUT2D eigenvalue weighted by Crippen LogP contribution is 2.25. The zero-order valence-electron chi connectivity index (χ0n) is 7.44. The van der Waals surface area contributed by atoms with Crippen LogP contribution in [0.25, 0.3) is 0 Å². The predicted octanol–water partition coefficient (Wildman–Crippen LogP) is 1.19. The first kappa shape index (κ1) is 8.45. The standard InChI is InChI=1S/C11H13NO/c13-8-10-6-12-7-11(10)9-4-2-1-3-5-9/h1-5,8,10-12H,6-7H2/t10-,11-/m1/s1. The minimum absolute atomic E-state index is 0.155. The first-order chi connectivity index (χ1) is 6.42. The van der Waals surface area contributed by atoms with Gasteiger partial charge in [-0.25, -0.2) is 0 Å². The first-order valence-corrected chi connectivity index (χ1v) is 4.63. The number of carbonyl (C=O) groups excluding carboxylic acids is 1. The highest BCUT2D eigenvalue weighted by Gasteiger charge is 2.27. The summed E-state index contributed by atoms with van der Waals surface area (Å²) in [7, 11) is 0. The van der Waals surface area contributed by atoms with Crippen LogP contribution >= 0.6 is 0 Å². The summed E-state index contributed by atoms with van der Waals surface area (Å²) in [6.45, 7) is 1.75. The van der Waals surface area contributed by atoms with E-state index in [1.807, 2.05) is 18.2 Å². The van der Waals surface area contributed by atoms with Crippen molar-refractivity contribution in [3.05, 3.63) is 35.9 Å². The molecule has 2 nitrogen and oxygen atoms in total. The van der Waals surface area contributed by atoms with Crippen LogP contribution in [-0.2, 0) is 4.79 Å². The monoisotopic (exact) mass is 175 g/mol. The second-order valence-corrected chi connectivity index (χ2v) is 3.48. The van der Waals surface area contributed by atoms with Gasteiger partial charge in [-0.2, -0.15) is 0 Å². The Balaban J connectivity index is 2.21. The van der Waals surface area contributed by atoms with E-state index < -0.39 is 0 Å². The van der Waals surface area contributed by atoms with Gasteiger partial charge in [0.05, 0.1) is 0 Å². The minimum atomic E-state index is 0.155. The normalized spacial score (nSPS) is 27.4. The lowest BCUT2D eigenvalue weighted by molar-refractivity contribution is -0.110. The second-order valence-electron chi connectivity index (χ2n) is 3.48. The van der Waals surface area contributed by atoms with Crippen LogP contribution in [0.1, 0.15) is 11.5 Å². The Hall–Kier alpha value is -1.15. The molecule has 1 fully saturated rings. The highest BCUT2D eigenvalue weighted by atomic mass is 16.1. The molecule has 1 saturated heterocycles. The van der Waals surface area contributed by atoms with Crippen LogP contribution in [0.15, 0.2) is 30.3 Å². The van der Waals surface area contributed by atoms with Gasteiger partial charge in [0.25, 0.3) is 0 Å². The lowest BCUT2D eigenvalue weighted by Crippen LogP contribution is -2.11. The zero-order valence-corrected chi connectivity index (χ0v) is 7.44. The number of nitrogens with one attached hydrogen (secondary N) is 1. The summed E-state index contributed by atoms with van der Waals surface area (Å²) in [4.78, 5) is 10.8. The van der Waals surface area contributed by atoms with Gasteiger partial charge in [0.2, 0.25) is 0 Å². The van der Waals surface area contributed by atoms with E-state index in [0.717, 1.165) is 19.4 Å². The average Bonchev–Trinajstić information content (AvgIpc) is 2.67. The molecule has 1 aliphatic rings. The molecule has 0 saturated carbocycles. The number of carbonyl (C=O) groups is 1. The summed E-state index contributed by atoms with van der Waals surface area (Å²) in [5.74, 6) is 0.529. The van der Waals surface area contributed by atoms with Crippen LogP contribution in [-0.4, -0.2) is 19.4 Å². The Bertz CT molecular complexity index is 283. The average molecular weight is 175 g/mol. The van der Waals surface area contributed by atoms with E-state index in [0.29, 0.717) is 5.92 Å². The maximum absolute atomic E-state index is 10.8. The molecule has 1 aliphatic heterocycles. The van der Waals surface area contributed by atoms with Gasteiger partial charge in [0, 0.05) is 24.9 Å². The smallest absolute Gasteiger partial charge is 0.125 e. The van der Waals surface area contributed by atoms with Crippen molar-refractivity contribution in [3.8, 4) is 0 Å². The Morgan fingerprint density at radius 3 is 2.69 bits per heavy atom. The van der Waals surface area contributed by atoms with Gasteiger partial charge in [-0.15, -0.1) is 0 Å². The molecular weight excluding hydrogens is 162 g/mol. The molecule has 2 rings (SSSR count). The number of benzene rings is 1. The molecule has 13 heavy (non-hydrogen) atoms. The number of hydrogen-bond acceptors (Lipinski definition) is 2. The van der Waals surface area contributed by atoms with Crippen molar-refractivity contribution in [2.75, 3.05) is 13.1 Å². The molecule has 68 valence electrons. The Kier molecular flexibility index (Phi) is 2.41. The first-order valence-electron chi connectivity index (χ1n) is 4.63. The lowest BCUT2D eigenvalue weighted by atomic mass is 9.90. The molecule has 0 amide bonds. The van der Waals surface area contributed by atoms with Crippen molar-refractivity contribution in [3.63, 3.8) is 0 Å². The van der Waals surface area contributed by atoms with Gasteiger partial charge >= 0.3 is 0 Å². The molecule has 1 aromatic rings. The zero-order chi connectivity index (χ0) is 9.10. The molecule has 1 N–H and O–H groups in total. The molecule has 0 aromatic heterocycles. The van der Waals surface area contributed by atoms with E-state index in [4.69, 9.17) is 0 Å². The number of rotatable bonds is 2. The Labute approximate surface area is 78.0 Å². The fourth-order valence-corrected chi connectivity index (χ4v) is 1.91. The molecule has 0 aliphatic carbocycles. The van der Waals surface area contributed by atoms with Crippen molar-refractivity contribution in [2.24, 2.45) is 5.92 Å². The van der Waals surface area contributed by atoms with E-state index in [2.05, 4.69) is 17.4 Å². The van der Waals surface area contributed by atoms with Gasteiger partial charge in [0.1, 0.15) is 6.29 Å². The van der Waals surface area contributed by atoms with Crippen molar-refractivity contribution in [1.82, 2.24) is 5.32 Å². The van der Waals surface area contributed by atoms with Crippen LogP contribution in [0.4, 0.5) is 0 Å². The third-order valence-electron chi connectivity index (χ3n) is 2.66. The summed E-state index contributed by atoms with van der Waals surface area (Å²) >= 11 is 0. The third kappa shape index (κ3) is 1.63. The maximum Gasteiger partial charge on any atom is 0.125 e. The molecule has 0 radical (unpaired) electrons. The lowest BCUT2D eigenvalue weighted by Gasteiger charge is -2.12. The van der Waals surface area contributed by atoms with Gasteiger partial charge < -0.3 is 10.1 Å². The predicted molar refractivity (Wildman–Crippen MR) is 51.6 cm³/mol. The molecule has 0 spiro atoms. The van der Waals surface area contributed by atoms with E-state index in [1.165, 1.54) is 5.56 Å². The number of aldehydes is 1. The highest BCUT2D eigenvalue weighted by molar-refractivity contribution is 5.57. The molecule has 2 heteroatoms. The summed E-state index contributed by atoms with van der Waals surface area (Å²) in [6, 6.07) is 10.2. The molecule has 2 atom stereocenters. The minimum Gasteiger partial charge on any atom is -0.315 e. The Morgan fingerprint density at radius 2 is 2.00 bits per heavy atom. The van der Waals surface area contributed by atoms with Crippen molar-refractivity contribution >= 4 is 6.29 Å². The van der Waals surface area contributed by atoms with Crippen LogP contribution in [0.5, 0.6) is 0 Å². The summed E-state index contributed by atoms with van der Waals surface area (Å²) < 4.78 is 0. The number of hydrogen-bond donors (Lipinski definition) is 1. The summed E-state index contributed by atoms with van der Waals surface area (Å²) in [5.41, 5.74) is 1.27. The largest absolute Gasteiger partial charge is 0.315 e. The molecule has 0 unspecified atom stereocenters. The third-order valence-corrected chi connectivity index (χ3v) is 2.66. The van der Waals surface area contributed by atoms with E-state index in [9.17, 15) is 4.79 Å². The van der Waals surface area contributed by atoms with Crippen molar-refractivity contribution in [1.29, 1.82) is 0 Å². The fraction of sp³-hybridized carbons (Fsp3) is 0.364. The SMILES string of the molecule is O=C[C@H]1CNC[C@@H]1c1ccccc1. The summed E-state index contributed by atoms with van der Waals surface area (Å²) in [6.07, 6.45) is 1.07.